The van der Waals surface area contributed by atoms with Crippen molar-refractivity contribution in [1.29, 1.82) is 0 Å². The van der Waals surface area contributed by atoms with Crippen LogP contribution in [0.3, 0.4) is 0 Å². The van der Waals surface area contributed by atoms with Crippen LogP contribution >= 0.6 is 46.6 Å². The van der Waals surface area contributed by atoms with E-state index in [2.05, 4.69) is 15.0 Å². The molecule has 4 nitrogen and oxygen atoms in total. The minimum atomic E-state index is 0.0579. The molecule has 94 valence electrons. The molecule has 0 saturated heterocycles. The van der Waals surface area contributed by atoms with E-state index in [1.165, 1.54) is 18.9 Å². The predicted molar refractivity (Wildman–Crippen MR) is 72.0 cm³/mol. The van der Waals surface area contributed by atoms with E-state index >= 15 is 0 Å². The van der Waals surface area contributed by atoms with E-state index in [1.54, 1.807) is 18.2 Å². The highest BCUT2D eigenvalue weighted by Gasteiger charge is 2.09. The van der Waals surface area contributed by atoms with Crippen molar-refractivity contribution in [3.05, 3.63) is 33.5 Å². The highest BCUT2D eigenvalue weighted by Crippen LogP contribution is 2.34. The molecule has 8 heteroatoms. The zero-order valence-corrected chi connectivity index (χ0v) is 12.1. The quantitative estimate of drug-likeness (QED) is 0.855. The summed E-state index contributed by atoms with van der Waals surface area (Å²) in [7, 11) is 1.45. The molecule has 1 aromatic heterocycles. The number of aromatic nitrogens is 3. The van der Waals surface area contributed by atoms with Crippen LogP contribution in [-0.4, -0.2) is 22.1 Å². The first kappa shape index (κ1) is 13.7. The fraction of sp³-hybridized carbons (Fsp3) is 0.100. The van der Waals surface area contributed by atoms with E-state index in [0.29, 0.717) is 15.2 Å². The van der Waals surface area contributed by atoms with Crippen molar-refractivity contribution in [2.75, 3.05) is 7.11 Å². The van der Waals surface area contributed by atoms with E-state index in [1.807, 2.05) is 0 Å². The molecule has 0 aliphatic carbocycles. The topological polar surface area (TPSA) is 47.9 Å². The molecule has 0 radical (unpaired) electrons. The molecule has 0 atom stereocenters. The lowest BCUT2D eigenvalue weighted by molar-refractivity contribution is 0.373. The highest BCUT2D eigenvalue weighted by molar-refractivity contribution is 7.99. The summed E-state index contributed by atoms with van der Waals surface area (Å²) in [6.45, 7) is 0. The molecular formula is C10H6Cl3N3OS. The van der Waals surface area contributed by atoms with Crippen molar-refractivity contribution in [3.63, 3.8) is 0 Å². The zero-order chi connectivity index (χ0) is 13.1. The minimum Gasteiger partial charge on any atom is -0.467 e. The van der Waals surface area contributed by atoms with Crippen molar-refractivity contribution in [3.8, 4) is 6.01 Å². The second-order valence-corrected chi connectivity index (χ2v) is 5.24. The Morgan fingerprint density at radius 2 is 1.89 bits per heavy atom. The summed E-state index contributed by atoms with van der Waals surface area (Å²) in [6, 6.07) is 5.27. The standard InChI is InChI=1S/C10H6Cl3N3OS/c1-17-9-14-8(13)15-10(16-9)18-7-4-5(11)2-3-6(7)12/h2-4H,1H3. The van der Waals surface area contributed by atoms with E-state index in [0.717, 1.165) is 4.90 Å². The number of hydrogen-bond acceptors (Lipinski definition) is 5. The summed E-state index contributed by atoms with van der Waals surface area (Å²) >= 11 is 18.9. The maximum absolute atomic E-state index is 6.04. The molecule has 0 spiro atoms. The van der Waals surface area contributed by atoms with Crippen molar-refractivity contribution >= 4 is 46.6 Å². The SMILES string of the molecule is COc1nc(Cl)nc(Sc2cc(Cl)ccc2Cl)n1. The average Bonchev–Trinajstić information content (AvgIpc) is 2.33. The van der Waals surface area contributed by atoms with Gasteiger partial charge in [-0.15, -0.1) is 0 Å². The molecular weight excluding hydrogens is 317 g/mol. The normalized spacial score (nSPS) is 10.4. The van der Waals surface area contributed by atoms with Gasteiger partial charge < -0.3 is 4.74 Å². The lowest BCUT2D eigenvalue weighted by Gasteiger charge is -2.04. The van der Waals surface area contributed by atoms with Gasteiger partial charge in [-0.3, -0.25) is 0 Å². The van der Waals surface area contributed by atoms with Gasteiger partial charge in [0.1, 0.15) is 0 Å². The first-order valence-electron chi connectivity index (χ1n) is 4.67. The van der Waals surface area contributed by atoms with Crippen LogP contribution in [0, 0.1) is 0 Å². The number of nitrogens with zero attached hydrogens (tertiary/aromatic N) is 3. The van der Waals surface area contributed by atoms with Gasteiger partial charge >= 0.3 is 6.01 Å². The number of halogens is 3. The summed E-state index contributed by atoms with van der Waals surface area (Å²) in [4.78, 5) is 12.5. The van der Waals surface area contributed by atoms with Gasteiger partial charge in [-0.2, -0.15) is 15.0 Å². The second-order valence-electron chi connectivity index (χ2n) is 3.05. The molecule has 0 unspecified atom stereocenters. The third-order valence-corrected chi connectivity index (χ3v) is 3.61. The summed E-state index contributed by atoms with van der Waals surface area (Å²) < 4.78 is 4.91. The highest BCUT2D eigenvalue weighted by atomic mass is 35.5. The van der Waals surface area contributed by atoms with Gasteiger partial charge in [0, 0.05) is 9.92 Å². The molecule has 0 bridgehead atoms. The largest absolute Gasteiger partial charge is 0.467 e. The minimum absolute atomic E-state index is 0.0579. The first-order chi connectivity index (χ1) is 8.58. The first-order valence-corrected chi connectivity index (χ1v) is 6.62. The number of rotatable bonds is 3. The molecule has 0 aliphatic rings. The summed E-state index contributed by atoms with van der Waals surface area (Å²) in [5, 5.41) is 1.58. The predicted octanol–water partition coefficient (Wildman–Crippen LogP) is 3.99. The molecule has 0 fully saturated rings. The molecule has 1 heterocycles. The van der Waals surface area contributed by atoms with Crippen LogP contribution in [0.1, 0.15) is 0 Å². The van der Waals surface area contributed by atoms with E-state index in [-0.39, 0.29) is 11.3 Å². The van der Waals surface area contributed by atoms with Gasteiger partial charge in [-0.25, -0.2) is 0 Å². The van der Waals surface area contributed by atoms with E-state index in [4.69, 9.17) is 39.5 Å². The molecule has 18 heavy (non-hydrogen) atoms. The van der Waals surface area contributed by atoms with Gasteiger partial charge in [0.05, 0.1) is 12.1 Å². The van der Waals surface area contributed by atoms with Crippen LogP contribution in [0.25, 0.3) is 0 Å². The Labute approximate surface area is 123 Å². The third-order valence-electron chi connectivity index (χ3n) is 1.84. The summed E-state index contributed by atoms with van der Waals surface area (Å²) in [5.41, 5.74) is 0. The van der Waals surface area contributed by atoms with Crippen molar-refractivity contribution in [2.24, 2.45) is 0 Å². The average molecular weight is 323 g/mol. The monoisotopic (exact) mass is 321 g/mol. The van der Waals surface area contributed by atoms with Crippen molar-refractivity contribution in [1.82, 2.24) is 15.0 Å². The van der Waals surface area contributed by atoms with Crippen molar-refractivity contribution < 1.29 is 4.74 Å². The van der Waals surface area contributed by atoms with Crippen LogP contribution in [0.4, 0.5) is 0 Å². The Kier molecular flexibility index (Phi) is 4.50. The Hall–Kier alpha value is -0.750. The zero-order valence-electron chi connectivity index (χ0n) is 9.02. The van der Waals surface area contributed by atoms with Gasteiger partial charge in [0.2, 0.25) is 5.28 Å². The third kappa shape index (κ3) is 3.38. The van der Waals surface area contributed by atoms with Gasteiger partial charge in [-0.1, -0.05) is 23.2 Å². The molecule has 0 amide bonds. The fourth-order valence-corrected chi connectivity index (χ4v) is 2.58. The van der Waals surface area contributed by atoms with Crippen LogP contribution in [0.5, 0.6) is 6.01 Å². The Morgan fingerprint density at radius 3 is 2.61 bits per heavy atom. The molecule has 2 aromatic rings. The lowest BCUT2D eigenvalue weighted by atomic mass is 10.4. The van der Waals surface area contributed by atoms with Crippen LogP contribution in [0.15, 0.2) is 28.3 Å². The van der Waals surface area contributed by atoms with Crippen LogP contribution < -0.4 is 4.74 Å². The molecule has 0 aliphatic heterocycles. The maximum Gasteiger partial charge on any atom is 0.321 e. The number of benzene rings is 1. The van der Waals surface area contributed by atoms with E-state index in [9.17, 15) is 0 Å². The van der Waals surface area contributed by atoms with Crippen molar-refractivity contribution in [2.45, 2.75) is 10.1 Å². The lowest BCUT2D eigenvalue weighted by Crippen LogP contribution is -1.96. The Balaban J connectivity index is 2.33. The Bertz CT molecular complexity index is 582. The maximum atomic E-state index is 6.04. The molecule has 0 N–H and O–H groups in total. The van der Waals surface area contributed by atoms with Crippen LogP contribution in [-0.2, 0) is 0 Å². The van der Waals surface area contributed by atoms with Gasteiger partial charge in [0.15, 0.2) is 5.16 Å². The number of hydrogen-bond donors (Lipinski definition) is 0. The fourth-order valence-electron chi connectivity index (χ4n) is 1.11. The summed E-state index contributed by atoms with van der Waals surface area (Å²) in [6.07, 6.45) is 0. The smallest absolute Gasteiger partial charge is 0.321 e. The van der Waals surface area contributed by atoms with Crippen LogP contribution in [0.2, 0.25) is 15.3 Å². The van der Waals surface area contributed by atoms with E-state index < -0.39 is 0 Å². The van der Waals surface area contributed by atoms with Gasteiger partial charge in [-0.05, 0) is 41.6 Å². The number of methoxy groups -OCH3 is 1. The molecule has 2 rings (SSSR count). The van der Waals surface area contributed by atoms with Gasteiger partial charge in [0.25, 0.3) is 0 Å². The second kappa shape index (κ2) is 5.93. The Morgan fingerprint density at radius 1 is 1.11 bits per heavy atom. The number of ether oxygens (including phenoxy) is 1. The molecule has 1 aromatic carbocycles. The summed E-state index contributed by atoms with van der Waals surface area (Å²) in [5.74, 6) is 0. The molecule has 0 saturated carbocycles.